The summed E-state index contributed by atoms with van der Waals surface area (Å²) in [7, 11) is 0. The molecule has 3 aromatic heterocycles. The fourth-order valence-corrected chi connectivity index (χ4v) is 2.82. The van der Waals surface area contributed by atoms with Crippen LogP contribution < -0.4 is 5.56 Å². The summed E-state index contributed by atoms with van der Waals surface area (Å²) in [5.41, 5.74) is 0.583. The summed E-state index contributed by atoms with van der Waals surface area (Å²) >= 11 is 7.58. The van der Waals surface area contributed by atoms with Gasteiger partial charge in [-0.05, 0) is 24.4 Å². The number of thiophene rings is 1. The summed E-state index contributed by atoms with van der Waals surface area (Å²) in [6.07, 6.45) is 0. The molecule has 0 atom stereocenters. The summed E-state index contributed by atoms with van der Waals surface area (Å²) in [6, 6.07) is 5.03. The van der Waals surface area contributed by atoms with Crippen LogP contribution >= 0.6 is 22.9 Å². The minimum Gasteiger partial charge on any atom is -0.268 e. The summed E-state index contributed by atoms with van der Waals surface area (Å²) in [5.74, 6) is 0.486. The SMILES string of the molecule is Cc1ccc(=O)n(Cc2nc(Cl)c3ccsc3n2)n1. The van der Waals surface area contributed by atoms with Gasteiger partial charge in [0.1, 0.15) is 16.5 Å². The first kappa shape index (κ1) is 12.3. The van der Waals surface area contributed by atoms with E-state index < -0.39 is 0 Å². The molecule has 0 amide bonds. The van der Waals surface area contributed by atoms with Crippen molar-refractivity contribution < 1.29 is 0 Å². The molecule has 0 saturated carbocycles. The molecule has 19 heavy (non-hydrogen) atoms. The second-order valence-corrected chi connectivity index (χ2v) is 5.29. The highest BCUT2D eigenvalue weighted by molar-refractivity contribution is 7.16. The molecule has 5 nitrogen and oxygen atoms in total. The second-order valence-electron chi connectivity index (χ2n) is 4.04. The van der Waals surface area contributed by atoms with E-state index in [1.165, 1.54) is 22.1 Å². The number of hydrogen-bond donors (Lipinski definition) is 0. The largest absolute Gasteiger partial charge is 0.268 e. The normalized spacial score (nSPS) is 11.1. The molecule has 0 unspecified atom stereocenters. The van der Waals surface area contributed by atoms with Gasteiger partial charge in [0.05, 0.1) is 5.69 Å². The Morgan fingerprint density at radius 3 is 3.00 bits per heavy atom. The van der Waals surface area contributed by atoms with Crippen LogP contribution in [0.4, 0.5) is 0 Å². The number of hydrogen-bond acceptors (Lipinski definition) is 5. The van der Waals surface area contributed by atoms with E-state index in [0.717, 1.165) is 15.9 Å². The van der Waals surface area contributed by atoms with E-state index in [2.05, 4.69) is 15.1 Å². The van der Waals surface area contributed by atoms with Crippen molar-refractivity contribution in [1.29, 1.82) is 0 Å². The molecular formula is C12H9ClN4OS. The number of halogens is 1. The van der Waals surface area contributed by atoms with E-state index in [1.807, 2.05) is 18.4 Å². The van der Waals surface area contributed by atoms with Crippen molar-refractivity contribution in [3.63, 3.8) is 0 Å². The molecule has 0 aliphatic heterocycles. The summed E-state index contributed by atoms with van der Waals surface area (Å²) in [4.78, 5) is 21.1. The van der Waals surface area contributed by atoms with E-state index in [4.69, 9.17) is 11.6 Å². The van der Waals surface area contributed by atoms with Crippen molar-refractivity contribution in [2.24, 2.45) is 0 Å². The average molecular weight is 293 g/mol. The Morgan fingerprint density at radius 2 is 2.16 bits per heavy atom. The highest BCUT2D eigenvalue weighted by atomic mass is 35.5. The van der Waals surface area contributed by atoms with E-state index in [-0.39, 0.29) is 12.1 Å². The van der Waals surface area contributed by atoms with Crippen molar-refractivity contribution >= 4 is 33.2 Å². The van der Waals surface area contributed by atoms with Gasteiger partial charge in [0.15, 0.2) is 5.82 Å². The van der Waals surface area contributed by atoms with Gasteiger partial charge in [0, 0.05) is 11.5 Å². The molecular weight excluding hydrogens is 284 g/mol. The van der Waals surface area contributed by atoms with Crippen LogP contribution in [0.25, 0.3) is 10.2 Å². The predicted octanol–water partition coefficient (Wildman–Crippen LogP) is 2.26. The van der Waals surface area contributed by atoms with Crippen molar-refractivity contribution in [2.45, 2.75) is 13.5 Å². The fourth-order valence-electron chi connectivity index (χ4n) is 1.73. The molecule has 3 heterocycles. The van der Waals surface area contributed by atoms with E-state index in [0.29, 0.717) is 11.0 Å². The molecule has 0 fully saturated rings. The van der Waals surface area contributed by atoms with Crippen LogP contribution in [0.3, 0.4) is 0 Å². The number of aryl methyl sites for hydroxylation is 1. The standard InChI is InChI=1S/C12H9ClN4OS/c1-7-2-3-10(18)17(16-7)6-9-14-11(13)8-4-5-19-12(8)15-9/h2-5H,6H2,1H3. The Balaban J connectivity index is 2.05. The van der Waals surface area contributed by atoms with Gasteiger partial charge < -0.3 is 0 Å². The first-order valence-corrected chi connectivity index (χ1v) is 6.83. The molecule has 0 radical (unpaired) electrons. The molecule has 0 spiro atoms. The maximum Gasteiger partial charge on any atom is 0.267 e. The van der Waals surface area contributed by atoms with Gasteiger partial charge in [-0.15, -0.1) is 11.3 Å². The van der Waals surface area contributed by atoms with Crippen LogP contribution in [0.2, 0.25) is 5.15 Å². The lowest BCUT2D eigenvalue weighted by Crippen LogP contribution is -2.23. The topological polar surface area (TPSA) is 60.7 Å². The number of aromatic nitrogens is 4. The quantitative estimate of drug-likeness (QED) is 0.680. The van der Waals surface area contributed by atoms with E-state index >= 15 is 0 Å². The molecule has 0 bridgehead atoms. The fraction of sp³-hybridized carbons (Fsp3) is 0.167. The molecule has 0 aliphatic carbocycles. The Bertz CT molecular complexity index is 811. The minimum absolute atomic E-state index is 0.184. The van der Waals surface area contributed by atoms with Crippen LogP contribution in [0.5, 0.6) is 0 Å². The molecule has 96 valence electrons. The Hall–Kier alpha value is -1.79. The average Bonchev–Trinajstić information content (AvgIpc) is 2.82. The van der Waals surface area contributed by atoms with Crippen LogP contribution in [0.15, 0.2) is 28.4 Å². The van der Waals surface area contributed by atoms with Gasteiger partial charge >= 0.3 is 0 Å². The molecule has 0 saturated heterocycles. The lowest BCUT2D eigenvalue weighted by atomic mass is 10.4. The smallest absolute Gasteiger partial charge is 0.267 e. The maximum absolute atomic E-state index is 11.7. The Morgan fingerprint density at radius 1 is 1.32 bits per heavy atom. The minimum atomic E-state index is -0.184. The second kappa shape index (κ2) is 4.71. The van der Waals surface area contributed by atoms with Crippen LogP contribution in [-0.2, 0) is 6.54 Å². The monoisotopic (exact) mass is 292 g/mol. The maximum atomic E-state index is 11.7. The van der Waals surface area contributed by atoms with Crippen molar-refractivity contribution in [3.8, 4) is 0 Å². The van der Waals surface area contributed by atoms with Gasteiger partial charge in [-0.3, -0.25) is 4.79 Å². The summed E-state index contributed by atoms with van der Waals surface area (Å²) in [6.45, 7) is 2.04. The third-order valence-electron chi connectivity index (χ3n) is 2.62. The highest BCUT2D eigenvalue weighted by Crippen LogP contribution is 2.24. The zero-order valence-electron chi connectivity index (χ0n) is 10.00. The molecule has 0 aromatic carbocycles. The van der Waals surface area contributed by atoms with Gasteiger partial charge in [-0.2, -0.15) is 5.10 Å². The van der Waals surface area contributed by atoms with Crippen molar-refractivity contribution in [1.82, 2.24) is 19.7 Å². The molecule has 3 aromatic rings. The first-order valence-electron chi connectivity index (χ1n) is 5.58. The highest BCUT2D eigenvalue weighted by Gasteiger charge is 2.08. The third kappa shape index (κ3) is 2.36. The summed E-state index contributed by atoms with van der Waals surface area (Å²) < 4.78 is 1.33. The van der Waals surface area contributed by atoms with Gasteiger partial charge in [-0.1, -0.05) is 11.6 Å². The van der Waals surface area contributed by atoms with Gasteiger partial charge in [0.25, 0.3) is 5.56 Å². The molecule has 3 rings (SSSR count). The number of rotatable bonds is 2. The Kier molecular flexibility index (Phi) is 3.04. The first-order chi connectivity index (χ1) is 9.13. The lowest BCUT2D eigenvalue weighted by molar-refractivity contribution is 0.607. The van der Waals surface area contributed by atoms with E-state index in [9.17, 15) is 4.79 Å². The van der Waals surface area contributed by atoms with Crippen LogP contribution in [-0.4, -0.2) is 19.7 Å². The van der Waals surface area contributed by atoms with Gasteiger partial charge in [0.2, 0.25) is 0 Å². The molecule has 0 aliphatic rings. The predicted molar refractivity (Wildman–Crippen MR) is 74.8 cm³/mol. The summed E-state index contributed by atoms with van der Waals surface area (Å²) in [5, 5.41) is 7.30. The molecule has 7 heteroatoms. The zero-order valence-corrected chi connectivity index (χ0v) is 11.6. The van der Waals surface area contributed by atoms with Crippen molar-refractivity contribution in [2.75, 3.05) is 0 Å². The Labute approximate surface area is 117 Å². The van der Waals surface area contributed by atoms with Crippen LogP contribution in [0.1, 0.15) is 11.5 Å². The zero-order chi connectivity index (χ0) is 13.4. The van der Waals surface area contributed by atoms with Crippen molar-refractivity contribution in [3.05, 3.63) is 50.6 Å². The van der Waals surface area contributed by atoms with E-state index in [1.54, 1.807) is 6.07 Å². The number of fused-ring (bicyclic) bond motifs is 1. The number of nitrogens with zero attached hydrogens (tertiary/aromatic N) is 4. The molecule has 0 N–H and O–H groups in total. The third-order valence-corrected chi connectivity index (χ3v) is 3.71. The van der Waals surface area contributed by atoms with Crippen LogP contribution in [0, 0.1) is 6.92 Å². The van der Waals surface area contributed by atoms with Gasteiger partial charge in [-0.25, -0.2) is 14.6 Å². The lowest BCUT2D eigenvalue weighted by Gasteiger charge is -2.04.